The predicted octanol–water partition coefficient (Wildman–Crippen LogP) is 5.35. The van der Waals surface area contributed by atoms with Crippen molar-refractivity contribution in [1.82, 2.24) is 14.9 Å². The molecule has 35 heavy (non-hydrogen) atoms. The number of nitrogens with one attached hydrogen (secondary N) is 1. The molecule has 1 N–H and O–H groups in total. The number of ether oxygens (including phenoxy) is 1. The van der Waals surface area contributed by atoms with Crippen molar-refractivity contribution in [2.75, 3.05) is 25.5 Å². The van der Waals surface area contributed by atoms with E-state index in [1.54, 1.807) is 13.3 Å². The number of pyridine rings is 2. The number of fused-ring (bicyclic) bond motifs is 1. The number of likely N-dealkylation sites (tertiary alicyclic amines) is 1. The fourth-order valence-electron chi connectivity index (χ4n) is 4.93. The Hall–Kier alpha value is -3.93. The van der Waals surface area contributed by atoms with Crippen LogP contribution in [0.5, 0.6) is 5.75 Å². The van der Waals surface area contributed by atoms with Crippen molar-refractivity contribution in [1.29, 1.82) is 0 Å². The van der Waals surface area contributed by atoms with Crippen LogP contribution in [0.25, 0.3) is 10.9 Å². The van der Waals surface area contributed by atoms with Crippen LogP contribution in [0.2, 0.25) is 0 Å². The van der Waals surface area contributed by atoms with Gasteiger partial charge in [-0.3, -0.25) is 14.8 Å². The van der Waals surface area contributed by atoms with Crippen LogP contribution in [0.3, 0.4) is 0 Å². The van der Waals surface area contributed by atoms with Gasteiger partial charge in [-0.15, -0.1) is 0 Å². The molecule has 0 saturated carbocycles. The second-order valence-corrected chi connectivity index (χ2v) is 9.08. The van der Waals surface area contributed by atoms with Gasteiger partial charge in [-0.2, -0.15) is 0 Å². The van der Waals surface area contributed by atoms with Crippen LogP contribution in [0.4, 0.5) is 5.69 Å². The lowest BCUT2D eigenvalue weighted by Gasteiger charge is -2.33. The molecule has 0 unspecified atom stereocenters. The van der Waals surface area contributed by atoms with E-state index in [0.717, 1.165) is 49.1 Å². The molecule has 1 amide bonds. The first-order valence-electron chi connectivity index (χ1n) is 12.1. The Morgan fingerprint density at radius 3 is 2.89 bits per heavy atom. The van der Waals surface area contributed by atoms with E-state index in [-0.39, 0.29) is 5.91 Å². The maximum absolute atomic E-state index is 13.5. The number of hydrogen-bond donors (Lipinski definition) is 1. The summed E-state index contributed by atoms with van der Waals surface area (Å²) in [5.41, 5.74) is 4.88. The summed E-state index contributed by atoms with van der Waals surface area (Å²) in [6.07, 6.45) is 8.51. The highest BCUT2D eigenvalue weighted by atomic mass is 16.5. The number of carbonyl (C=O) groups excluding carboxylic acids is 1. The lowest BCUT2D eigenvalue weighted by molar-refractivity contribution is 0.0673. The molecule has 0 aliphatic carbocycles. The number of anilines is 1. The fourth-order valence-corrected chi connectivity index (χ4v) is 4.93. The zero-order chi connectivity index (χ0) is 24.0. The van der Waals surface area contributed by atoms with Crippen molar-refractivity contribution in [3.63, 3.8) is 0 Å². The second kappa shape index (κ2) is 10.6. The molecular weight excluding hydrogens is 436 g/mol. The molecule has 1 fully saturated rings. The summed E-state index contributed by atoms with van der Waals surface area (Å²) < 4.78 is 5.52. The van der Waals surface area contributed by atoms with Gasteiger partial charge in [-0.25, -0.2) is 0 Å². The van der Waals surface area contributed by atoms with Crippen LogP contribution in [0.15, 0.2) is 79.3 Å². The molecule has 3 heterocycles. The second-order valence-electron chi connectivity index (χ2n) is 9.08. The molecule has 178 valence electrons. The average Bonchev–Trinajstić information content (AvgIpc) is 2.92. The third-order valence-corrected chi connectivity index (χ3v) is 6.70. The maximum Gasteiger partial charge on any atom is 0.253 e. The molecule has 5 rings (SSSR count). The van der Waals surface area contributed by atoms with Crippen LogP contribution in [-0.2, 0) is 13.0 Å². The lowest BCUT2D eigenvalue weighted by Crippen LogP contribution is -2.40. The van der Waals surface area contributed by atoms with Crippen molar-refractivity contribution >= 4 is 22.5 Å². The molecule has 0 bridgehead atoms. The third kappa shape index (κ3) is 5.27. The average molecular weight is 467 g/mol. The Kier molecular flexibility index (Phi) is 6.89. The Balaban J connectivity index is 1.29. The molecule has 1 aliphatic heterocycles. The van der Waals surface area contributed by atoms with Gasteiger partial charge in [0.1, 0.15) is 5.75 Å². The first kappa shape index (κ1) is 22.8. The first-order chi connectivity index (χ1) is 17.2. The number of rotatable bonds is 7. The molecule has 1 atom stereocenters. The summed E-state index contributed by atoms with van der Waals surface area (Å²) in [7, 11) is 1.64. The van der Waals surface area contributed by atoms with Gasteiger partial charge in [0.2, 0.25) is 0 Å². The molecule has 2 aromatic heterocycles. The molecule has 2 aromatic carbocycles. The largest absolute Gasteiger partial charge is 0.495 e. The topological polar surface area (TPSA) is 67.3 Å². The van der Waals surface area contributed by atoms with E-state index in [1.165, 1.54) is 10.9 Å². The minimum Gasteiger partial charge on any atom is -0.495 e. The number of methoxy groups -OCH3 is 1. The van der Waals surface area contributed by atoms with Crippen LogP contribution in [-0.4, -0.2) is 41.0 Å². The van der Waals surface area contributed by atoms with Crippen molar-refractivity contribution in [3.8, 4) is 5.75 Å². The Morgan fingerprint density at radius 2 is 2.03 bits per heavy atom. The number of piperidine rings is 1. The highest BCUT2D eigenvalue weighted by Crippen LogP contribution is 2.29. The molecule has 6 heteroatoms. The minimum atomic E-state index is 0.0707. The minimum absolute atomic E-state index is 0.0707. The number of hydrogen-bond acceptors (Lipinski definition) is 5. The van der Waals surface area contributed by atoms with Gasteiger partial charge < -0.3 is 15.0 Å². The fraction of sp³-hybridized carbons (Fsp3) is 0.276. The SMILES string of the molecule is COc1ccc(C(=O)N2CCC[C@H](Cc3cccc4ncccc34)C2)cc1NCc1cccnc1. The summed E-state index contributed by atoms with van der Waals surface area (Å²) in [6, 6.07) is 20.0. The van der Waals surface area contributed by atoms with E-state index in [9.17, 15) is 4.79 Å². The summed E-state index contributed by atoms with van der Waals surface area (Å²) >= 11 is 0. The third-order valence-electron chi connectivity index (χ3n) is 6.70. The van der Waals surface area contributed by atoms with Crippen molar-refractivity contribution in [2.45, 2.75) is 25.8 Å². The van der Waals surface area contributed by atoms with E-state index in [0.29, 0.717) is 23.8 Å². The number of amides is 1. The Morgan fingerprint density at radius 1 is 1.11 bits per heavy atom. The van der Waals surface area contributed by atoms with Crippen molar-refractivity contribution < 1.29 is 9.53 Å². The normalized spacial score (nSPS) is 15.7. The number of aromatic nitrogens is 2. The zero-order valence-electron chi connectivity index (χ0n) is 20.0. The molecular formula is C29H30N4O2. The van der Waals surface area contributed by atoms with Crippen molar-refractivity contribution in [2.24, 2.45) is 5.92 Å². The number of benzene rings is 2. The van der Waals surface area contributed by atoms with Gasteiger partial charge in [-0.05, 0) is 72.7 Å². The van der Waals surface area contributed by atoms with E-state index < -0.39 is 0 Å². The molecule has 0 radical (unpaired) electrons. The van der Waals surface area contributed by atoms with Gasteiger partial charge in [0.25, 0.3) is 5.91 Å². The summed E-state index contributed by atoms with van der Waals surface area (Å²) in [5.74, 6) is 1.22. The maximum atomic E-state index is 13.5. The van der Waals surface area contributed by atoms with Gasteiger partial charge in [-0.1, -0.05) is 24.3 Å². The summed E-state index contributed by atoms with van der Waals surface area (Å²) in [4.78, 5) is 24.1. The summed E-state index contributed by atoms with van der Waals surface area (Å²) in [6.45, 7) is 2.16. The number of nitrogens with zero attached hydrogens (tertiary/aromatic N) is 3. The van der Waals surface area contributed by atoms with Crippen LogP contribution < -0.4 is 10.1 Å². The quantitative estimate of drug-likeness (QED) is 0.398. The molecule has 1 aliphatic rings. The standard InChI is InChI=1S/C29H30N4O2/c1-35-28-12-11-24(17-27(28)32-19-22-6-3-13-30-18-22)29(34)33-15-5-7-21(20-33)16-23-8-2-10-26-25(23)9-4-14-31-26/h2-4,6,8-14,17-18,21,32H,5,7,15-16,19-20H2,1H3/t21-/m1/s1. The van der Waals surface area contributed by atoms with Crippen LogP contribution >= 0.6 is 0 Å². The lowest BCUT2D eigenvalue weighted by atomic mass is 9.89. The molecule has 1 saturated heterocycles. The smallest absolute Gasteiger partial charge is 0.253 e. The van der Waals surface area contributed by atoms with Crippen LogP contribution in [0, 0.1) is 5.92 Å². The van der Waals surface area contributed by atoms with Crippen molar-refractivity contribution in [3.05, 3.63) is 95.9 Å². The van der Waals surface area contributed by atoms with Gasteiger partial charge >= 0.3 is 0 Å². The van der Waals surface area contributed by atoms with E-state index in [4.69, 9.17) is 4.74 Å². The van der Waals surface area contributed by atoms with E-state index >= 15 is 0 Å². The van der Waals surface area contributed by atoms with E-state index in [1.807, 2.05) is 53.7 Å². The zero-order valence-corrected chi connectivity index (χ0v) is 20.0. The summed E-state index contributed by atoms with van der Waals surface area (Å²) in [5, 5.41) is 4.60. The Bertz CT molecular complexity index is 1300. The number of carbonyl (C=O) groups is 1. The highest BCUT2D eigenvalue weighted by Gasteiger charge is 2.25. The van der Waals surface area contributed by atoms with Gasteiger partial charge in [0, 0.05) is 49.2 Å². The molecule has 4 aromatic rings. The first-order valence-corrected chi connectivity index (χ1v) is 12.1. The van der Waals surface area contributed by atoms with Gasteiger partial charge in [0.15, 0.2) is 0 Å². The monoisotopic (exact) mass is 466 g/mol. The highest BCUT2D eigenvalue weighted by molar-refractivity contribution is 5.95. The molecule has 6 nitrogen and oxygen atoms in total. The van der Waals surface area contributed by atoms with Gasteiger partial charge in [0.05, 0.1) is 18.3 Å². The van der Waals surface area contributed by atoms with Crippen LogP contribution in [0.1, 0.15) is 34.3 Å². The Labute approximate surface area is 206 Å². The molecule has 0 spiro atoms. The predicted molar refractivity (Wildman–Crippen MR) is 139 cm³/mol. The van der Waals surface area contributed by atoms with E-state index in [2.05, 4.69) is 39.6 Å².